The third kappa shape index (κ3) is 2.67. The van der Waals surface area contributed by atoms with Gasteiger partial charge in [0.25, 0.3) is 0 Å². The number of fused-ring (bicyclic) bond motifs is 1. The number of rotatable bonds is 2. The zero-order valence-electron chi connectivity index (χ0n) is 11.4. The summed E-state index contributed by atoms with van der Waals surface area (Å²) in [6.07, 6.45) is 0. The van der Waals surface area contributed by atoms with Gasteiger partial charge >= 0.3 is 0 Å². The van der Waals surface area contributed by atoms with Crippen molar-refractivity contribution < 1.29 is 4.79 Å². The molecule has 0 bridgehead atoms. The quantitative estimate of drug-likeness (QED) is 0.563. The lowest BCUT2D eigenvalue weighted by atomic mass is 10.00. The van der Waals surface area contributed by atoms with Crippen LogP contribution in [0.4, 0.5) is 5.69 Å². The number of nitrogens with two attached hydrogens (primary N) is 1. The number of pyridine rings is 1. The summed E-state index contributed by atoms with van der Waals surface area (Å²) in [5.74, 6) is -0.0868. The topological polar surface area (TPSA) is 56.0 Å². The SMILES string of the molecule is Cc1ccc2cc(C(=O)c3cc(Br)ccc3N)ccc2n1. The number of aryl methyl sites for hydroxylation is 1. The molecule has 1 aromatic heterocycles. The molecule has 0 spiro atoms. The molecule has 0 radical (unpaired) electrons. The van der Waals surface area contributed by atoms with Crippen LogP contribution in [0.5, 0.6) is 0 Å². The molecule has 3 rings (SSSR count). The molecule has 21 heavy (non-hydrogen) atoms. The summed E-state index contributed by atoms with van der Waals surface area (Å²) in [5, 5.41) is 0.944. The zero-order chi connectivity index (χ0) is 15.0. The molecular formula is C17H13BrN2O. The Morgan fingerprint density at radius 1 is 1.10 bits per heavy atom. The molecule has 0 saturated carbocycles. The maximum Gasteiger partial charge on any atom is 0.195 e. The second-order valence-corrected chi connectivity index (χ2v) is 5.84. The Bertz CT molecular complexity index is 859. The van der Waals surface area contributed by atoms with Gasteiger partial charge in [0.15, 0.2) is 5.78 Å². The second-order valence-electron chi connectivity index (χ2n) is 4.92. The van der Waals surface area contributed by atoms with Crippen molar-refractivity contribution in [1.82, 2.24) is 4.98 Å². The second kappa shape index (κ2) is 5.30. The third-order valence-electron chi connectivity index (χ3n) is 3.35. The average Bonchev–Trinajstić information content (AvgIpc) is 2.48. The molecule has 2 N–H and O–H groups in total. The normalized spacial score (nSPS) is 10.8. The minimum atomic E-state index is -0.0868. The van der Waals surface area contributed by atoms with E-state index in [1.807, 2.05) is 37.3 Å². The van der Waals surface area contributed by atoms with Gasteiger partial charge in [-0.2, -0.15) is 0 Å². The molecule has 3 aromatic rings. The summed E-state index contributed by atoms with van der Waals surface area (Å²) in [6.45, 7) is 1.95. The first kappa shape index (κ1) is 13.8. The molecule has 3 nitrogen and oxygen atoms in total. The monoisotopic (exact) mass is 340 g/mol. The average molecular weight is 341 g/mol. The van der Waals surface area contributed by atoms with Crippen molar-refractivity contribution in [1.29, 1.82) is 0 Å². The van der Waals surface area contributed by atoms with Crippen LogP contribution < -0.4 is 5.73 Å². The number of ketones is 1. The van der Waals surface area contributed by atoms with Crippen LogP contribution in [0.1, 0.15) is 21.6 Å². The van der Waals surface area contributed by atoms with Crippen molar-refractivity contribution in [3.05, 3.63) is 69.8 Å². The van der Waals surface area contributed by atoms with Crippen LogP contribution in [-0.2, 0) is 0 Å². The number of nitrogens with zero attached hydrogens (tertiary/aromatic N) is 1. The predicted molar refractivity (Wildman–Crippen MR) is 88.5 cm³/mol. The lowest BCUT2D eigenvalue weighted by Gasteiger charge is -2.07. The molecule has 0 atom stereocenters. The van der Waals surface area contributed by atoms with E-state index in [0.29, 0.717) is 16.8 Å². The van der Waals surface area contributed by atoms with Gasteiger partial charge in [0.1, 0.15) is 0 Å². The van der Waals surface area contributed by atoms with Gasteiger partial charge in [-0.25, -0.2) is 0 Å². The molecule has 2 aromatic carbocycles. The summed E-state index contributed by atoms with van der Waals surface area (Å²) in [6, 6.07) is 14.7. The molecule has 0 amide bonds. The largest absolute Gasteiger partial charge is 0.398 e. The van der Waals surface area contributed by atoms with Crippen LogP contribution in [-0.4, -0.2) is 10.8 Å². The molecule has 0 fully saturated rings. The minimum Gasteiger partial charge on any atom is -0.398 e. The first-order valence-corrected chi connectivity index (χ1v) is 7.31. The minimum absolute atomic E-state index is 0.0868. The van der Waals surface area contributed by atoms with E-state index in [9.17, 15) is 4.79 Å². The van der Waals surface area contributed by atoms with Crippen molar-refractivity contribution in [3.63, 3.8) is 0 Å². The summed E-state index contributed by atoms with van der Waals surface area (Å²) in [7, 11) is 0. The van der Waals surface area contributed by atoms with Gasteiger partial charge in [-0.15, -0.1) is 0 Å². The van der Waals surface area contributed by atoms with E-state index < -0.39 is 0 Å². The van der Waals surface area contributed by atoms with Gasteiger partial charge in [-0.1, -0.05) is 22.0 Å². The fourth-order valence-corrected chi connectivity index (χ4v) is 2.61. The molecule has 4 heteroatoms. The van der Waals surface area contributed by atoms with Gasteiger partial charge in [-0.05, 0) is 49.4 Å². The van der Waals surface area contributed by atoms with Crippen LogP contribution >= 0.6 is 15.9 Å². The Hall–Kier alpha value is -2.20. The molecule has 0 aliphatic heterocycles. The number of carbonyl (C=O) groups excluding carboxylic acids is 1. The van der Waals surface area contributed by atoms with E-state index in [1.54, 1.807) is 18.2 Å². The number of hydrogen-bond acceptors (Lipinski definition) is 3. The van der Waals surface area contributed by atoms with Crippen LogP contribution in [0.15, 0.2) is 53.0 Å². The highest BCUT2D eigenvalue weighted by Gasteiger charge is 2.13. The molecule has 0 saturated heterocycles. The summed E-state index contributed by atoms with van der Waals surface area (Å²) in [5.41, 5.74) is 9.34. The maximum atomic E-state index is 12.6. The van der Waals surface area contributed by atoms with Crippen molar-refractivity contribution in [2.45, 2.75) is 6.92 Å². The maximum absolute atomic E-state index is 12.6. The van der Waals surface area contributed by atoms with Crippen molar-refractivity contribution in [2.75, 3.05) is 5.73 Å². The van der Waals surface area contributed by atoms with Gasteiger partial charge < -0.3 is 5.73 Å². The Labute approximate surface area is 130 Å². The van der Waals surface area contributed by atoms with Crippen LogP contribution in [0, 0.1) is 6.92 Å². The number of nitrogen functional groups attached to an aromatic ring is 1. The summed E-state index contributed by atoms with van der Waals surface area (Å²) < 4.78 is 0.832. The molecular weight excluding hydrogens is 328 g/mol. The fraction of sp³-hybridized carbons (Fsp3) is 0.0588. The summed E-state index contributed by atoms with van der Waals surface area (Å²) in [4.78, 5) is 17.0. The fourth-order valence-electron chi connectivity index (χ4n) is 2.25. The van der Waals surface area contributed by atoms with Gasteiger partial charge in [0.05, 0.1) is 5.52 Å². The Morgan fingerprint density at radius 3 is 2.71 bits per heavy atom. The first-order valence-electron chi connectivity index (χ1n) is 6.52. The first-order chi connectivity index (χ1) is 10.0. The van der Waals surface area contributed by atoms with E-state index in [2.05, 4.69) is 20.9 Å². The Balaban J connectivity index is 2.09. The van der Waals surface area contributed by atoms with Crippen LogP contribution in [0.25, 0.3) is 10.9 Å². The highest BCUT2D eigenvalue weighted by atomic mass is 79.9. The van der Waals surface area contributed by atoms with Crippen LogP contribution in [0.3, 0.4) is 0 Å². The number of halogens is 1. The highest BCUT2D eigenvalue weighted by Crippen LogP contribution is 2.23. The molecule has 1 heterocycles. The summed E-state index contributed by atoms with van der Waals surface area (Å²) >= 11 is 3.37. The Kier molecular flexibility index (Phi) is 3.47. The number of carbonyl (C=O) groups is 1. The van der Waals surface area contributed by atoms with Crippen molar-refractivity contribution >= 4 is 38.3 Å². The standard InChI is InChI=1S/C17H13BrN2O/c1-10-2-3-11-8-12(4-7-16(11)20-10)17(21)14-9-13(18)5-6-15(14)19/h2-9H,19H2,1H3. The van der Waals surface area contributed by atoms with Gasteiger partial charge in [0.2, 0.25) is 0 Å². The molecule has 0 unspecified atom stereocenters. The van der Waals surface area contributed by atoms with Gasteiger partial charge in [-0.3, -0.25) is 9.78 Å². The lowest BCUT2D eigenvalue weighted by molar-refractivity contribution is 0.103. The van der Waals surface area contributed by atoms with Gasteiger partial charge in [0, 0.05) is 32.4 Å². The molecule has 0 aliphatic carbocycles. The van der Waals surface area contributed by atoms with Crippen molar-refractivity contribution in [2.24, 2.45) is 0 Å². The van der Waals surface area contributed by atoms with E-state index in [0.717, 1.165) is 21.1 Å². The number of benzene rings is 2. The Morgan fingerprint density at radius 2 is 1.90 bits per heavy atom. The van der Waals surface area contributed by atoms with E-state index >= 15 is 0 Å². The number of anilines is 1. The third-order valence-corrected chi connectivity index (χ3v) is 3.84. The van der Waals surface area contributed by atoms with E-state index in [4.69, 9.17) is 5.73 Å². The molecule has 0 aliphatic rings. The highest BCUT2D eigenvalue weighted by molar-refractivity contribution is 9.10. The lowest BCUT2D eigenvalue weighted by Crippen LogP contribution is -2.05. The van der Waals surface area contributed by atoms with Crippen molar-refractivity contribution in [3.8, 4) is 0 Å². The number of hydrogen-bond donors (Lipinski definition) is 1. The predicted octanol–water partition coefficient (Wildman–Crippen LogP) is 4.12. The van der Waals surface area contributed by atoms with E-state index in [1.165, 1.54) is 0 Å². The smallest absolute Gasteiger partial charge is 0.195 e. The molecule has 104 valence electrons. The zero-order valence-corrected chi connectivity index (χ0v) is 13.0. The number of aromatic nitrogens is 1. The van der Waals surface area contributed by atoms with Crippen LogP contribution in [0.2, 0.25) is 0 Å². The van der Waals surface area contributed by atoms with E-state index in [-0.39, 0.29) is 5.78 Å².